The van der Waals surface area contributed by atoms with Gasteiger partial charge in [0.25, 0.3) is 0 Å². The average Bonchev–Trinajstić information content (AvgIpc) is 3.10. The molecule has 1 aromatic rings. The standard InChI is InChI=1S/C23H27N5O7S.Mg.2H/c1-4-26-10-11-27(19(32)18(26)31)22(35)25-13(12-8-6-5-7-9-12)16(29)24-14-17(30)28-15(21(33)34)23(2,3)36-20(14)28;;;/h5-9,13-15,20H,4,10-11H2,1-3H3,(H,24,29)(H,25,35)(H,33,34);;;/q;+2;2*-1/t13?,14-,15+,20-;;;/m1.../s1. The molecule has 3 aliphatic heterocycles. The summed E-state index contributed by atoms with van der Waals surface area (Å²) in [5, 5.41) is 14.2. The summed E-state index contributed by atoms with van der Waals surface area (Å²) in [6.45, 7) is 5.67. The minimum atomic E-state index is -1.26. The first kappa shape index (κ1) is 28.7. The minimum Gasteiger partial charge on any atom is -1.00 e. The zero-order valence-corrected chi connectivity index (χ0v) is 22.9. The van der Waals surface area contributed by atoms with Crippen LogP contribution in [0.5, 0.6) is 0 Å². The molecule has 3 N–H and O–H groups in total. The molecule has 3 heterocycles. The van der Waals surface area contributed by atoms with Gasteiger partial charge in [-0.3, -0.25) is 24.1 Å². The molecule has 0 saturated carbocycles. The average molecular weight is 544 g/mol. The van der Waals surface area contributed by atoms with Crippen molar-refractivity contribution in [1.29, 1.82) is 0 Å². The van der Waals surface area contributed by atoms with Crippen LogP contribution >= 0.6 is 11.8 Å². The Labute approximate surface area is 236 Å². The van der Waals surface area contributed by atoms with Gasteiger partial charge in [-0.2, -0.15) is 0 Å². The van der Waals surface area contributed by atoms with Crippen molar-refractivity contribution in [2.75, 3.05) is 19.6 Å². The van der Waals surface area contributed by atoms with Gasteiger partial charge in [0, 0.05) is 24.4 Å². The number of urea groups is 1. The number of carbonyl (C=O) groups is 6. The van der Waals surface area contributed by atoms with E-state index in [9.17, 15) is 33.9 Å². The van der Waals surface area contributed by atoms with Gasteiger partial charge in [-0.05, 0) is 26.3 Å². The SMILES string of the molecule is CCN1CCN(C(=O)NC(C(=O)N[C@@H]2C(=O)N3[C@@H]2SC(C)(C)[C@@H]3C(=O)O)c2ccccc2)C(=O)C1=O.[H-].[H-].[Mg+2]. The maximum Gasteiger partial charge on any atom is 2.00 e. The fourth-order valence-corrected chi connectivity index (χ4v) is 6.32. The molecule has 37 heavy (non-hydrogen) atoms. The van der Waals surface area contributed by atoms with Gasteiger partial charge in [0.2, 0.25) is 11.8 Å². The Morgan fingerprint density at radius 1 is 1.14 bits per heavy atom. The van der Waals surface area contributed by atoms with Crippen molar-refractivity contribution in [2.45, 2.75) is 49.0 Å². The van der Waals surface area contributed by atoms with Crippen LogP contribution in [0, 0.1) is 0 Å². The number of piperazine rings is 1. The number of β-lactam (4-membered cyclic amide) rings is 1. The third kappa shape index (κ3) is 5.14. The van der Waals surface area contributed by atoms with E-state index >= 15 is 0 Å². The maximum atomic E-state index is 13.3. The molecule has 0 radical (unpaired) electrons. The zero-order valence-electron chi connectivity index (χ0n) is 22.7. The second-order valence-corrected chi connectivity index (χ2v) is 11.0. The van der Waals surface area contributed by atoms with Gasteiger partial charge >= 0.3 is 46.9 Å². The molecule has 6 amide bonds. The molecule has 3 saturated heterocycles. The number of likely N-dealkylation sites (N-methyl/N-ethyl adjacent to an activating group) is 1. The van der Waals surface area contributed by atoms with E-state index in [-0.39, 0.29) is 39.0 Å². The van der Waals surface area contributed by atoms with Crippen molar-refractivity contribution < 1.29 is 36.7 Å². The number of benzene rings is 1. The molecule has 196 valence electrons. The van der Waals surface area contributed by atoms with E-state index in [2.05, 4.69) is 10.6 Å². The summed E-state index contributed by atoms with van der Waals surface area (Å²) in [6, 6.07) is 4.11. The molecule has 1 unspecified atom stereocenters. The molecule has 0 spiro atoms. The Bertz CT molecular complexity index is 1150. The molecular weight excluding hydrogens is 515 g/mol. The Morgan fingerprint density at radius 3 is 2.38 bits per heavy atom. The Hall–Kier alpha value is -2.84. The third-order valence-corrected chi connectivity index (χ3v) is 8.14. The first-order chi connectivity index (χ1) is 17.0. The predicted octanol–water partition coefficient (Wildman–Crippen LogP) is -0.396. The molecular formula is C23H29MgN5O7S. The van der Waals surface area contributed by atoms with E-state index in [0.29, 0.717) is 12.1 Å². The number of aliphatic carboxylic acids is 1. The number of hydrogen-bond acceptors (Lipinski definition) is 7. The summed E-state index contributed by atoms with van der Waals surface area (Å²) in [7, 11) is 0. The number of rotatable bonds is 6. The van der Waals surface area contributed by atoms with Gasteiger partial charge in [-0.1, -0.05) is 30.3 Å². The number of carboxylic acid groups (broad SMARTS) is 1. The summed E-state index contributed by atoms with van der Waals surface area (Å²) in [4.78, 5) is 78.8. The summed E-state index contributed by atoms with van der Waals surface area (Å²) in [5.41, 5.74) is 0.403. The molecule has 4 rings (SSSR count). The molecule has 1 aromatic carbocycles. The molecule has 0 aromatic heterocycles. The first-order valence-electron chi connectivity index (χ1n) is 11.5. The van der Waals surface area contributed by atoms with Crippen LogP contribution in [0.15, 0.2) is 30.3 Å². The molecule has 0 bridgehead atoms. The van der Waals surface area contributed by atoms with Crippen LogP contribution in [0.2, 0.25) is 0 Å². The number of nitrogens with zero attached hydrogens (tertiary/aromatic N) is 3. The maximum absolute atomic E-state index is 13.3. The molecule has 3 fully saturated rings. The van der Waals surface area contributed by atoms with E-state index in [0.717, 1.165) is 4.90 Å². The second-order valence-electron chi connectivity index (χ2n) is 9.22. The van der Waals surface area contributed by atoms with E-state index in [1.54, 1.807) is 51.1 Å². The fourth-order valence-electron chi connectivity index (χ4n) is 4.70. The van der Waals surface area contributed by atoms with Crippen LogP contribution in [0.3, 0.4) is 0 Å². The van der Waals surface area contributed by atoms with Crippen molar-refractivity contribution in [3.8, 4) is 0 Å². The normalized spacial score (nSPS) is 25.0. The number of thioether (sulfide) groups is 1. The van der Waals surface area contributed by atoms with Crippen LogP contribution in [0.25, 0.3) is 0 Å². The van der Waals surface area contributed by atoms with E-state index < -0.39 is 63.9 Å². The number of hydrogen-bond donors (Lipinski definition) is 3. The summed E-state index contributed by atoms with van der Waals surface area (Å²) in [5.74, 6) is -4.12. The summed E-state index contributed by atoms with van der Waals surface area (Å²) < 4.78 is -0.758. The number of carboxylic acids is 1. The number of carbonyl (C=O) groups excluding carboxylic acids is 5. The first-order valence-corrected chi connectivity index (χ1v) is 12.3. The van der Waals surface area contributed by atoms with Gasteiger partial charge in [-0.15, -0.1) is 11.8 Å². The third-order valence-electron chi connectivity index (χ3n) is 6.57. The number of fused-ring (bicyclic) bond motifs is 1. The monoisotopic (exact) mass is 543 g/mol. The second kappa shape index (κ2) is 10.9. The Morgan fingerprint density at radius 2 is 1.78 bits per heavy atom. The van der Waals surface area contributed by atoms with Gasteiger partial charge in [0.15, 0.2) is 0 Å². The molecule has 0 aliphatic carbocycles. The van der Waals surface area contributed by atoms with Crippen LogP contribution in [0.4, 0.5) is 4.79 Å². The predicted molar refractivity (Wildman–Crippen MR) is 135 cm³/mol. The Kier molecular flexibility index (Phi) is 8.44. The summed E-state index contributed by atoms with van der Waals surface area (Å²) in [6.07, 6.45) is 0. The van der Waals surface area contributed by atoms with Crippen LogP contribution in [-0.2, 0) is 24.0 Å². The topological polar surface area (TPSA) is 156 Å². The van der Waals surface area contributed by atoms with Gasteiger partial charge in [0.1, 0.15) is 23.5 Å². The molecule has 12 nitrogen and oxygen atoms in total. The van der Waals surface area contributed by atoms with Gasteiger partial charge in [-0.25, -0.2) is 9.59 Å². The minimum absolute atomic E-state index is 0. The van der Waals surface area contributed by atoms with Crippen molar-refractivity contribution in [2.24, 2.45) is 0 Å². The molecule has 3 aliphatic rings. The van der Waals surface area contributed by atoms with Crippen molar-refractivity contribution in [3.63, 3.8) is 0 Å². The molecule has 14 heteroatoms. The smallest absolute Gasteiger partial charge is 1.00 e. The van der Waals surface area contributed by atoms with Crippen LogP contribution < -0.4 is 10.6 Å². The fraction of sp³-hybridized carbons (Fsp3) is 0.478. The van der Waals surface area contributed by atoms with Crippen LogP contribution in [0.1, 0.15) is 35.2 Å². The molecule has 4 atom stereocenters. The van der Waals surface area contributed by atoms with Crippen molar-refractivity contribution in [3.05, 3.63) is 35.9 Å². The van der Waals surface area contributed by atoms with E-state index in [1.807, 2.05) is 0 Å². The van der Waals surface area contributed by atoms with E-state index in [4.69, 9.17) is 0 Å². The van der Waals surface area contributed by atoms with E-state index in [1.165, 1.54) is 21.6 Å². The van der Waals surface area contributed by atoms with Crippen molar-refractivity contribution >= 4 is 70.4 Å². The number of imide groups is 1. The number of nitrogens with one attached hydrogen (secondary N) is 2. The Balaban J connectivity index is 0.00000253. The largest absolute Gasteiger partial charge is 2.00 e. The number of amides is 6. The van der Waals surface area contributed by atoms with Gasteiger partial charge < -0.3 is 28.4 Å². The van der Waals surface area contributed by atoms with Crippen LogP contribution in [-0.4, -0.2) is 120 Å². The summed E-state index contributed by atoms with van der Waals surface area (Å²) >= 11 is 1.28. The van der Waals surface area contributed by atoms with Gasteiger partial charge in [0.05, 0.1) is 0 Å². The zero-order chi connectivity index (χ0) is 26.4. The quantitative estimate of drug-likeness (QED) is 0.249. The van der Waals surface area contributed by atoms with Crippen molar-refractivity contribution in [1.82, 2.24) is 25.3 Å².